The maximum absolute atomic E-state index is 10.2. The molecule has 1 aliphatic rings. The third kappa shape index (κ3) is 4.17. The zero-order valence-corrected chi connectivity index (χ0v) is 13.6. The lowest BCUT2D eigenvalue weighted by atomic mass is 9.91. The summed E-state index contributed by atoms with van der Waals surface area (Å²) in [5.74, 6) is 1.00. The Morgan fingerprint density at radius 3 is 2.81 bits per heavy atom. The lowest BCUT2D eigenvalue weighted by molar-refractivity contribution is 0.106. The SMILES string of the molecule is CCCNCc1cnc(N(C)C2CCCCC2O)c(C)c1. The van der Waals surface area contributed by atoms with Crippen molar-refractivity contribution in [2.45, 2.75) is 64.6 Å². The number of aromatic nitrogens is 1. The van der Waals surface area contributed by atoms with E-state index in [1.807, 2.05) is 6.20 Å². The van der Waals surface area contributed by atoms with E-state index in [2.05, 4.69) is 42.2 Å². The highest BCUT2D eigenvalue weighted by Crippen LogP contribution is 2.27. The van der Waals surface area contributed by atoms with Crippen molar-refractivity contribution in [2.75, 3.05) is 18.5 Å². The molecular formula is C17H29N3O. The molecule has 1 aromatic heterocycles. The van der Waals surface area contributed by atoms with E-state index in [-0.39, 0.29) is 12.1 Å². The van der Waals surface area contributed by atoms with Gasteiger partial charge in [0.15, 0.2) is 0 Å². The minimum Gasteiger partial charge on any atom is -0.391 e. The van der Waals surface area contributed by atoms with Crippen LogP contribution in [0.25, 0.3) is 0 Å². The smallest absolute Gasteiger partial charge is 0.131 e. The zero-order chi connectivity index (χ0) is 15.2. The van der Waals surface area contributed by atoms with Gasteiger partial charge in [0.2, 0.25) is 0 Å². The van der Waals surface area contributed by atoms with Crippen LogP contribution in [0.4, 0.5) is 5.82 Å². The van der Waals surface area contributed by atoms with E-state index in [9.17, 15) is 5.11 Å². The van der Waals surface area contributed by atoms with Gasteiger partial charge in [0.1, 0.15) is 5.82 Å². The lowest BCUT2D eigenvalue weighted by Gasteiger charge is -2.36. The molecule has 2 unspecified atom stereocenters. The van der Waals surface area contributed by atoms with Gasteiger partial charge in [-0.05, 0) is 49.9 Å². The summed E-state index contributed by atoms with van der Waals surface area (Å²) < 4.78 is 0. The number of hydrogen-bond donors (Lipinski definition) is 2. The predicted octanol–water partition coefficient (Wildman–Crippen LogP) is 2.63. The molecule has 0 spiro atoms. The Bertz CT molecular complexity index is 450. The van der Waals surface area contributed by atoms with Gasteiger partial charge in [-0.25, -0.2) is 4.98 Å². The summed E-state index contributed by atoms with van der Waals surface area (Å²) in [6.45, 7) is 6.19. The summed E-state index contributed by atoms with van der Waals surface area (Å²) in [7, 11) is 2.06. The van der Waals surface area contributed by atoms with Gasteiger partial charge in [-0.15, -0.1) is 0 Å². The first-order valence-corrected chi connectivity index (χ1v) is 8.20. The second kappa shape index (κ2) is 7.76. The number of aliphatic hydroxyl groups is 1. The zero-order valence-electron chi connectivity index (χ0n) is 13.6. The number of likely N-dealkylation sites (N-methyl/N-ethyl adjacent to an activating group) is 1. The Kier molecular flexibility index (Phi) is 6.00. The lowest BCUT2D eigenvalue weighted by Crippen LogP contribution is -2.44. The Morgan fingerprint density at radius 1 is 1.38 bits per heavy atom. The topological polar surface area (TPSA) is 48.4 Å². The van der Waals surface area contributed by atoms with Crippen molar-refractivity contribution in [2.24, 2.45) is 0 Å². The van der Waals surface area contributed by atoms with Gasteiger partial charge >= 0.3 is 0 Å². The molecule has 0 aromatic carbocycles. The van der Waals surface area contributed by atoms with Crippen LogP contribution in [0.1, 0.15) is 50.2 Å². The van der Waals surface area contributed by atoms with Crippen LogP contribution < -0.4 is 10.2 Å². The monoisotopic (exact) mass is 291 g/mol. The van der Waals surface area contributed by atoms with Crippen LogP contribution in [-0.2, 0) is 6.54 Å². The van der Waals surface area contributed by atoms with Crippen LogP contribution in [0.3, 0.4) is 0 Å². The first-order chi connectivity index (χ1) is 10.1. The van der Waals surface area contributed by atoms with E-state index in [0.717, 1.165) is 44.6 Å². The van der Waals surface area contributed by atoms with Crippen molar-refractivity contribution in [1.29, 1.82) is 0 Å². The van der Waals surface area contributed by atoms with Gasteiger partial charge in [-0.3, -0.25) is 0 Å². The average Bonchev–Trinajstić information content (AvgIpc) is 2.47. The molecule has 0 aliphatic heterocycles. The second-order valence-electron chi connectivity index (χ2n) is 6.19. The molecule has 4 nitrogen and oxygen atoms in total. The number of rotatable bonds is 6. The molecule has 0 radical (unpaired) electrons. The van der Waals surface area contributed by atoms with Crippen LogP contribution in [0.5, 0.6) is 0 Å². The third-order valence-corrected chi connectivity index (χ3v) is 4.39. The normalized spacial score (nSPS) is 22.3. The molecular weight excluding hydrogens is 262 g/mol. The number of pyridine rings is 1. The number of nitrogens with zero attached hydrogens (tertiary/aromatic N) is 2. The van der Waals surface area contributed by atoms with Crippen LogP contribution in [0.2, 0.25) is 0 Å². The fourth-order valence-electron chi connectivity index (χ4n) is 3.20. The summed E-state index contributed by atoms with van der Waals surface area (Å²) >= 11 is 0. The predicted molar refractivity (Wildman–Crippen MR) is 87.6 cm³/mol. The number of hydrogen-bond acceptors (Lipinski definition) is 4. The molecule has 4 heteroatoms. The standard InChI is InChI=1S/C17H29N3O/c1-4-9-18-11-14-10-13(2)17(19-12-14)20(3)15-7-5-6-8-16(15)21/h10,12,15-16,18,21H,4-9,11H2,1-3H3. The van der Waals surface area contributed by atoms with E-state index in [0.29, 0.717) is 0 Å². The van der Waals surface area contributed by atoms with E-state index in [4.69, 9.17) is 0 Å². The van der Waals surface area contributed by atoms with Crippen LogP contribution in [0.15, 0.2) is 12.3 Å². The van der Waals surface area contributed by atoms with Crippen molar-refractivity contribution in [1.82, 2.24) is 10.3 Å². The molecule has 0 bridgehead atoms. The van der Waals surface area contributed by atoms with E-state index < -0.39 is 0 Å². The quantitative estimate of drug-likeness (QED) is 0.791. The molecule has 2 rings (SSSR count). The minimum atomic E-state index is -0.226. The van der Waals surface area contributed by atoms with Gasteiger partial charge in [0, 0.05) is 19.8 Å². The number of nitrogens with one attached hydrogen (secondary N) is 1. The Labute approximate surface area is 128 Å². The molecule has 0 amide bonds. The fourth-order valence-corrected chi connectivity index (χ4v) is 3.20. The molecule has 1 saturated carbocycles. The molecule has 21 heavy (non-hydrogen) atoms. The van der Waals surface area contributed by atoms with Crippen molar-refractivity contribution < 1.29 is 5.11 Å². The van der Waals surface area contributed by atoms with E-state index in [1.54, 1.807) is 0 Å². The molecule has 2 atom stereocenters. The van der Waals surface area contributed by atoms with Crippen molar-refractivity contribution >= 4 is 5.82 Å². The Hall–Kier alpha value is -1.13. The highest BCUT2D eigenvalue weighted by atomic mass is 16.3. The number of aryl methyl sites for hydroxylation is 1. The van der Waals surface area contributed by atoms with Crippen LogP contribution >= 0.6 is 0 Å². The highest BCUT2D eigenvalue weighted by Gasteiger charge is 2.28. The number of anilines is 1. The van der Waals surface area contributed by atoms with Gasteiger partial charge < -0.3 is 15.3 Å². The number of aliphatic hydroxyl groups excluding tert-OH is 1. The maximum atomic E-state index is 10.2. The van der Waals surface area contributed by atoms with Crippen LogP contribution in [0, 0.1) is 6.92 Å². The van der Waals surface area contributed by atoms with Crippen LogP contribution in [-0.4, -0.2) is 35.8 Å². The third-order valence-electron chi connectivity index (χ3n) is 4.39. The maximum Gasteiger partial charge on any atom is 0.131 e. The molecule has 118 valence electrons. The first kappa shape index (κ1) is 16.2. The molecule has 0 saturated heterocycles. The van der Waals surface area contributed by atoms with E-state index in [1.165, 1.54) is 17.5 Å². The summed E-state index contributed by atoms with van der Waals surface area (Å²) in [6, 6.07) is 2.41. The summed E-state index contributed by atoms with van der Waals surface area (Å²) in [5, 5.41) is 13.6. The first-order valence-electron chi connectivity index (χ1n) is 8.20. The van der Waals surface area contributed by atoms with Gasteiger partial charge in [-0.1, -0.05) is 19.8 Å². The Balaban J connectivity index is 2.05. The molecule has 1 aromatic rings. The van der Waals surface area contributed by atoms with Crippen molar-refractivity contribution in [3.05, 3.63) is 23.4 Å². The Morgan fingerprint density at radius 2 is 2.14 bits per heavy atom. The summed E-state index contributed by atoms with van der Waals surface area (Å²) in [5.41, 5.74) is 2.41. The van der Waals surface area contributed by atoms with Gasteiger partial charge in [0.25, 0.3) is 0 Å². The van der Waals surface area contributed by atoms with Gasteiger partial charge in [-0.2, -0.15) is 0 Å². The van der Waals surface area contributed by atoms with Crippen molar-refractivity contribution in [3.8, 4) is 0 Å². The molecule has 1 heterocycles. The minimum absolute atomic E-state index is 0.203. The largest absolute Gasteiger partial charge is 0.391 e. The van der Waals surface area contributed by atoms with Gasteiger partial charge in [0.05, 0.1) is 12.1 Å². The second-order valence-corrected chi connectivity index (χ2v) is 6.19. The molecule has 1 fully saturated rings. The average molecular weight is 291 g/mol. The highest BCUT2D eigenvalue weighted by molar-refractivity contribution is 5.48. The summed E-state index contributed by atoms with van der Waals surface area (Å²) in [4.78, 5) is 6.81. The van der Waals surface area contributed by atoms with Crippen molar-refractivity contribution in [3.63, 3.8) is 0 Å². The molecule has 2 N–H and O–H groups in total. The summed E-state index contributed by atoms with van der Waals surface area (Å²) in [6.07, 6.45) is 7.18. The van der Waals surface area contributed by atoms with E-state index >= 15 is 0 Å². The fraction of sp³-hybridized carbons (Fsp3) is 0.706. The molecule has 1 aliphatic carbocycles.